The molecule has 0 bridgehead atoms. The largest absolute Gasteiger partial charge is 0.378 e. The second-order valence-corrected chi connectivity index (χ2v) is 4.49. The van der Waals surface area contributed by atoms with Crippen LogP contribution >= 0.6 is 0 Å². The lowest BCUT2D eigenvalue weighted by Gasteiger charge is -2.26. The highest BCUT2D eigenvalue weighted by Gasteiger charge is 2.19. The van der Waals surface area contributed by atoms with Crippen molar-refractivity contribution < 1.29 is 9.53 Å². The molecule has 0 unspecified atom stereocenters. The van der Waals surface area contributed by atoms with Crippen molar-refractivity contribution in [1.29, 1.82) is 0 Å². The Labute approximate surface area is 106 Å². The number of nitrogens with zero attached hydrogens (tertiary/aromatic N) is 3. The number of rotatable bonds is 3. The maximum Gasteiger partial charge on any atom is 0.274 e. The van der Waals surface area contributed by atoms with Gasteiger partial charge in [-0.2, -0.15) is 0 Å². The third kappa shape index (κ3) is 3.16. The molecule has 0 aromatic carbocycles. The summed E-state index contributed by atoms with van der Waals surface area (Å²) < 4.78 is 5.21. The first kappa shape index (κ1) is 12.8. The van der Waals surface area contributed by atoms with Gasteiger partial charge in [0.25, 0.3) is 5.91 Å². The van der Waals surface area contributed by atoms with Crippen molar-refractivity contribution in [3.05, 3.63) is 18.1 Å². The number of carbonyl (C=O) groups is 1. The molecule has 18 heavy (non-hydrogen) atoms. The average Bonchev–Trinajstić information content (AvgIpc) is 2.39. The third-order valence-corrected chi connectivity index (χ3v) is 2.61. The predicted octanol–water partition coefficient (Wildman–Crippen LogP) is 0.769. The summed E-state index contributed by atoms with van der Waals surface area (Å²) in [5.74, 6) is 0.602. The predicted molar refractivity (Wildman–Crippen MR) is 67.5 cm³/mol. The van der Waals surface area contributed by atoms with Gasteiger partial charge in [0.1, 0.15) is 11.5 Å². The van der Waals surface area contributed by atoms with Crippen LogP contribution in [0.5, 0.6) is 0 Å². The summed E-state index contributed by atoms with van der Waals surface area (Å²) in [4.78, 5) is 22.2. The molecule has 0 aliphatic carbocycles. The van der Waals surface area contributed by atoms with Crippen molar-refractivity contribution in [2.45, 2.75) is 19.9 Å². The fourth-order valence-electron chi connectivity index (χ4n) is 1.74. The highest BCUT2D eigenvalue weighted by atomic mass is 16.5. The van der Waals surface area contributed by atoms with Gasteiger partial charge in [0.05, 0.1) is 25.6 Å². The zero-order chi connectivity index (χ0) is 13.0. The molecular formula is C12H18N4O2. The first-order valence-electron chi connectivity index (χ1n) is 6.12. The second-order valence-electron chi connectivity index (χ2n) is 4.49. The number of anilines is 1. The van der Waals surface area contributed by atoms with Crippen LogP contribution in [0.2, 0.25) is 0 Å². The standard InChI is InChI=1S/C12H18N4O2/c1-9(2)15-11-8-13-10(7-14-11)12(17)16-3-5-18-6-4-16/h7-9H,3-6H2,1-2H3,(H,14,15). The van der Waals surface area contributed by atoms with Gasteiger partial charge in [-0.15, -0.1) is 0 Å². The SMILES string of the molecule is CC(C)Nc1cnc(C(=O)N2CCOCC2)cn1. The highest BCUT2D eigenvalue weighted by Crippen LogP contribution is 2.07. The van der Waals surface area contributed by atoms with E-state index in [0.717, 1.165) is 0 Å². The number of hydrogen-bond donors (Lipinski definition) is 1. The molecule has 0 atom stereocenters. The number of amides is 1. The van der Waals surface area contributed by atoms with Crippen molar-refractivity contribution in [3.63, 3.8) is 0 Å². The van der Waals surface area contributed by atoms with Crippen LogP contribution < -0.4 is 5.32 Å². The molecule has 6 nitrogen and oxygen atoms in total. The van der Waals surface area contributed by atoms with Crippen molar-refractivity contribution in [3.8, 4) is 0 Å². The number of morpholine rings is 1. The first-order chi connectivity index (χ1) is 8.66. The topological polar surface area (TPSA) is 67.4 Å². The van der Waals surface area contributed by atoms with Crippen LogP contribution in [0.15, 0.2) is 12.4 Å². The lowest BCUT2D eigenvalue weighted by Crippen LogP contribution is -2.41. The number of carbonyl (C=O) groups excluding carboxylic acids is 1. The Bertz CT molecular complexity index is 399. The minimum atomic E-state index is -0.0816. The van der Waals surface area contributed by atoms with Crippen molar-refractivity contribution in [2.75, 3.05) is 31.6 Å². The Hall–Kier alpha value is -1.69. The summed E-state index contributed by atoms with van der Waals surface area (Å²) >= 11 is 0. The van der Waals surface area contributed by atoms with E-state index in [1.807, 2.05) is 13.8 Å². The Kier molecular flexibility index (Phi) is 4.09. The van der Waals surface area contributed by atoms with Crippen LogP contribution in [0.3, 0.4) is 0 Å². The van der Waals surface area contributed by atoms with Gasteiger partial charge in [-0.1, -0.05) is 0 Å². The van der Waals surface area contributed by atoms with Crippen molar-refractivity contribution >= 4 is 11.7 Å². The first-order valence-corrected chi connectivity index (χ1v) is 6.12. The second kappa shape index (κ2) is 5.77. The van der Waals surface area contributed by atoms with Crippen molar-refractivity contribution in [1.82, 2.24) is 14.9 Å². The maximum absolute atomic E-state index is 12.1. The quantitative estimate of drug-likeness (QED) is 0.858. The smallest absolute Gasteiger partial charge is 0.274 e. The van der Waals surface area contributed by atoms with E-state index in [0.29, 0.717) is 43.9 Å². The Balaban J connectivity index is 2.02. The highest BCUT2D eigenvalue weighted by molar-refractivity contribution is 5.92. The van der Waals surface area contributed by atoms with Crippen LogP contribution in [0.1, 0.15) is 24.3 Å². The van der Waals surface area contributed by atoms with E-state index < -0.39 is 0 Å². The normalized spacial score (nSPS) is 15.8. The molecule has 1 fully saturated rings. The maximum atomic E-state index is 12.1. The number of ether oxygens (including phenoxy) is 1. The summed E-state index contributed by atoms with van der Waals surface area (Å²) in [7, 11) is 0. The molecule has 1 amide bonds. The minimum Gasteiger partial charge on any atom is -0.378 e. The van der Waals surface area contributed by atoms with Crippen LogP contribution in [0, 0.1) is 0 Å². The van der Waals surface area contributed by atoms with E-state index in [1.165, 1.54) is 6.20 Å². The average molecular weight is 250 g/mol. The monoisotopic (exact) mass is 250 g/mol. The Morgan fingerprint density at radius 1 is 1.33 bits per heavy atom. The van der Waals surface area contributed by atoms with E-state index in [-0.39, 0.29) is 5.91 Å². The molecule has 6 heteroatoms. The van der Waals surface area contributed by atoms with Gasteiger partial charge >= 0.3 is 0 Å². The van der Waals surface area contributed by atoms with Crippen LogP contribution in [-0.2, 0) is 4.74 Å². The summed E-state index contributed by atoms with van der Waals surface area (Å²) in [5, 5.41) is 3.13. The molecule has 98 valence electrons. The van der Waals surface area contributed by atoms with Gasteiger partial charge in [0.15, 0.2) is 0 Å². The molecular weight excluding hydrogens is 232 g/mol. The zero-order valence-corrected chi connectivity index (χ0v) is 10.7. The van der Waals surface area contributed by atoms with Gasteiger partial charge in [-0.3, -0.25) is 4.79 Å². The zero-order valence-electron chi connectivity index (χ0n) is 10.7. The van der Waals surface area contributed by atoms with Gasteiger partial charge in [-0.05, 0) is 13.8 Å². The molecule has 1 aliphatic rings. The van der Waals surface area contributed by atoms with Gasteiger partial charge in [-0.25, -0.2) is 9.97 Å². The molecule has 0 radical (unpaired) electrons. The fraction of sp³-hybridized carbons (Fsp3) is 0.583. The molecule has 1 saturated heterocycles. The van der Waals surface area contributed by atoms with Crippen LogP contribution in [-0.4, -0.2) is 53.1 Å². The van der Waals surface area contributed by atoms with Gasteiger partial charge in [0, 0.05) is 19.1 Å². The third-order valence-electron chi connectivity index (χ3n) is 2.61. The Morgan fingerprint density at radius 2 is 2.06 bits per heavy atom. The lowest BCUT2D eigenvalue weighted by molar-refractivity contribution is 0.0298. The molecule has 0 saturated carbocycles. The molecule has 1 aromatic rings. The minimum absolute atomic E-state index is 0.0816. The number of hydrogen-bond acceptors (Lipinski definition) is 5. The van der Waals surface area contributed by atoms with Gasteiger partial charge in [0.2, 0.25) is 0 Å². The van der Waals surface area contributed by atoms with E-state index >= 15 is 0 Å². The van der Waals surface area contributed by atoms with E-state index in [2.05, 4.69) is 15.3 Å². The summed E-state index contributed by atoms with van der Waals surface area (Å²) in [6, 6.07) is 0.292. The lowest BCUT2D eigenvalue weighted by atomic mass is 10.3. The molecule has 1 N–H and O–H groups in total. The summed E-state index contributed by atoms with van der Waals surface area (Å²) in [6.07, 6.45) is 3.11. The Morgan fingerprint density at radius 3 is 2.61 bits per heavy atom. The van der Waals surface area contributed by atoms with Crippen LogP contribution in [0.25, 0.3) is 0 Å². The molecule has 2 rings (SSSR count). The van der Waals surface area contributed by atoms with E-state index in [4.69, 9.17) is 4.74 Å². The van der Waals surface area contributed by atoms with Crippen LogP contribution in [0.4, 0.5) is 5.82 Å². The molecule has 0 spiro atoms. The summed E-state index contributed by atoms with van der Waals surface area (Å²) in [6.45, 7) is 6.46. The van der Waals surface area contributed by atoms with E-state index in [9.17, 15) is 4.79 Å². The van der Waals surface area contributed by atoms with E-state index in [1.54, 1.807) is 11.1 Å². The fourth-order valence-corrected chi connectivity index (χ4v) is 1.74. The summed E-state index contributed by atoms with van der Waals surface area (Å²) in [5.41, 5.74) is 0.381. The van der Waals surface area contributed by atoms with Crippen molar-refractivity contribution in [2.24, 2.45) is 0 Å². The molecule has 1 aliphatic heterocycles. The number of aromatic nitrogens is 2. The number of nitrogens with one attached hydrogen (secondary N) is 1. The van der Waals surface area contributed by atoms with Gasteiger partial charge < -0.3 is 15.0 Å². The molecule has 2 heterocycles. The molecule has 1 aromatic heterocycles.